The molecular weight excluding hydrogens is 422 g/mol. The predicted molar refractivity (Wildman–Crippen MR) is 126 cm³/mol. The number of aryl methyl sites for hydroxylation is 3. The first-order valence-electron chi connectivity index (χ1n) is 10.4. The standard InChI is InChI=1S/C23H23N7OS/c1-4-28-12-17(15(2)26-28)13-29-14-18(11-24-29)25-22(31)21-10-20-16(3)27-30(23(20)32-21)19-8-6-5-7-9-19/h5-12,14H,4,13H2,1-3H3,(H,25,31). The molecule has 9 heteroatoms. The van der Waals surface area contributed by atoms with E-state index in [4.69, 9.17) is 0 Å². The number of amides is 1. The fraction of sp³-hybridized carbons (Fsp3) is 0.217. The van der Waals surface area contributed by atoms with Crippen LogP contribution < -0.4 is 5.32 Å². The van der Waals surface area contributed by atoms with Crippen molar-refractivity contribution in [3.63, 3.8) is 0 Å². The molecular formula is C23H23N7OS. The molecule has 32 heavy (non-hydrogen) atoms. The van der Waals surface area contributed by atoms with Crippen molar-refractivity contribution in [3.8, 4) is 5.69 Å². The molecule has 1 amide bonds. The van der Waals surface area contributed by atoms with Gasteiger partial charge < -0.3 is 5.32 Å². The summed E-state index contributed by atoms with van der Waals surface area (Å²) in [6.45, 7) is 7.45. The highest BCUT2D eigenvalue weighted by molar-refractivity contribution is 7.20. The molecule has 0 spiro atoms. The summed E-state index contributed by atoms with van der Waals surface area (Å²) in [6.07, 6.45) is 5.54. The largest absolute Gasteiger partial charge is 0.319 e. The lowest BCUT2D eigenvalue weighted by Crippen LogP contribution is -2.09. The Hall–Kier alpha value is -3.72. The van der Waals surface area contributed by atoms with Crippen molar-refractivity contribution in [2.75, 3.05) is 5.32 Å². The molecule has 0 aliphatic heterocycles. The Bertz CT molecular complexity index is 1410. The summed E-state index contributed by atoms with van der Waals surface area (Å²) in [5, 5.41) is 17.5. The molecule has 0 aliphatic carbocycles. The number of fused-ring (bicyclic) bond motifs is 1. The maximum absolute atomic E-state index is 12.9. The van der Waals surface area contributed by atoms with Gasteiger partial charge in [-0.15, -0.1) is 11.3 Å². The number of aromatic nitrogens is 6. The molecule has 4 aromatic heterocycles. The van der Waals surface area contributed by atoms with Gasteiger partial charge in [0.05, 0.1) is 40.4 Å². The van der Waals surface area contributed by atoms with Crippen LogP contribution in [-0.4, -0.2) is 35.2 Å². The predicted octanol–water partition coefficient (Wildman–Crippen LogP) is 4.42. The zero-order chi connectivity index (χ0) is 22.2. The van der Waals surface area contributed by atoms with Crippen LogP contribution in [0.4, 0.5) is 5.69 Å². The summed E-state index contributed by atoms with van der Waals surface area (Å²) in [5.74, 6) is -0.153. The average molecular weight is 446 g/mol. The van der Waals surface area contributed by atoms with Gasteiger partial charge in [-0.3, -0.25) is 14.2 Å². The van der Waals surface area contributed by atoms with Crippen LogP contribution in [0, 0.1) is 13.8 Å². The van der Waals surface area contributed by atoms with E-state index >= 15 is 0 Å². The van der Waals surface area contributed by atoms with Crippen molar-refractivity contribution >= 4 is 33.1 Å². The smallest absolute Gasteiger partial charge is 0.265 e. The number of nitrogens with zero attached hydrogens (tertiary/aromatic N) is 6. The van der Waals surface area contributed by atoms with E-state index in [0.717, 1.165) is 39.4 Å². The van der Waals surface area contributed by atoms with Crippen molar-refractivity contribution in [1.29, 1.82) is 0 Å². The van der Waals surface area contributed by atoms with Gasteiger partial charge in [0.15, 0.2) is 0 Å². The third-order valence-electron chi connectivity index (χ3n) is 5.36. The summed E-state index contributed by atoms with van der Waals surface area (Å²) in [4.78, 5) is 14.5. The van der Waals surface area contributed by atoms with Crippen molar-refractivity contribution in [2.45, 2.75) is 33.9 Å². The Kier molecular flexibility index (Phi) is 5.10. The molecule has 0 saturated heterocycles. The lowest BCUT2D eigenvalue weighted by molar-refractivity contribution is 0.103. The van der Waals surface area contributed by atoms with Crippen LogP contribution in [-0.2, 0) is 13.1 Å². The van der Waals surface area contributed by atoms with Gasteiger partial charge in [-0.05, 0) is 39.0 Å². The molecule has 0 saturated carbocycles. The highest BCUT2D eigenvalue weighted by atomic mass is 32.1. The van der Waals surface area contributed by atoms with Crippen molar-refractivity contribution in [1.82, 2.24) is 29.3 Å². The number of hydrogen-bond acceptors (Lipinski definition) is 5. The van der Waals surface area contributed by atoms with Gasteiger partial charge in [-0.1, -0.05) is 18.2 Å². The number of rotatable bonds is 6. The molecule has 0 radical (unpaired) electrons. The minimum Gasteiger partial charge on any atom is -0.319 e. The zero-order valence-electron chi connectivity index (χ0n) is 18.1. The van der Waals surface area contributed by atoms with Gasteiger partial charge in [0.1, 0.15) is 4.83 Å². The molecule has 0 unspecified atom stereocenters. The van der Waals surface area contributed by atoms with Gasteiger partial charge in [0.2, 0.25) is 0 Å². The van der Waals surface area contributed by atoms with E-state index < -0.39 is 0 Å². The Morgan fingerprint density at radius 1 is 1.06 bits per heavy atom. The van der Waals surface area contributed by atoms with Gasteiger partial charge in [0, 0.05) is 29.9 Å². The van der Waals surface area contributed by atoms with E-state index in [0.29, 0.717) is 17.1 Å². The molecule has 1 aromatic carbocycles. The molecule has 4 heterocycles. The number of carbonyl (C=O) groups excluding carboxylic acids is 1. The second-order valence-electron chi connectivity index (χ2n) is 7.64. The third kappa shape index (κ3) is 3.71. The first-order chi connectivity index (χ1) is 15.5. The first kappa shape index (κ1) is 20.2. The summed E-state index contributed by atoms with van der Waals surface area (Å²) in [5.41, 5.74) is 4.63. The summed E-state index contributed by atoms with van der Waals surface area (Å²) < 4.78 is 5.61. The quantitative estimate of drug-likeness (QED) is 0.419. The topological polar surface area (TPSA) is 82.6 Å². The molecule has 5 aromatic rings. The van der Waals surface area contributed by atoms with Crippen LogP contribution in [0.3, 0.4) is 0 Å². The van der Waals surface area contributed by atoms with Crippen molar-refractivity contribution in [3.05, 3.63) is 76.8 Å². The fourth-order valence-electron chi connectivity index (χ4n) is 3.66. The second kappa shape index (κ2) is 8.08. The summed E-state index contributed by atoms with van der Waals surface area (Å²) >= 11 is 1.43. The van der Waals surface area contributed by atoms with Crippen LogP contribution >= 0.6 is 11.3 Å². The van der Waals surface area contributed by atoms with Crippen LogP contribution in [0.2, 0.25) is 0 Å². The average Bonchev–Trinajstić information content (AvgIpc) is 3.55. The SMILES string of the molecule is CCn1cc(Cn2cc(NC(=O)c3cc4c(C)nn(-c5ccccc5)c4s3)cn2)c(C)n1. The van der Waals surface area contributed by atoms with E-state index in [1.54, 1.807) is 6.20 Å². The number of anilines is 1. The number of nitrogens with one attached hydrogen (secondary N) is 1. The number of para-hydroxylation sites is 1. The maximum atomic E-state index is 12.9. The van der Waals surface area contributed by atoms with E-state index in [1.165, 1.54) is 11.3 Å². The van der Waals surface area contributed by atoms with E-state index in [-0.39, 0.29) is 5.91 Å². The molecule has 162 valence electrons. The van der Waals surface area contributed by atoms with E-state index in [9.17, 15) is 4.79 Å². The highest BCUT2D eigenvalue weighted by Gasteiger charge is 2.18. The second-order valence-corrected chi connectivity index (χ2v) is 8.67. The Morgan fingerprint density at radius 2 is 1.88 bits per heavy atom. The van der Waals surface area contributed by atoms with Gasteiger partial charge >= 0.3 is 0 Å². The Morgan fingerprint density at radius 3 is 2.62 bits per heavy atom. The van der Waals surface area contributed by atoms with Crippen LogP contribution in [0.15, 0.2) is 55.0 Å². The first-order valence-corrected chi connectivity index (χ1v) is 11.2. The summed E-state index contributed by atoms with van der Waals surface area (Å²) in [7, 11) is 0. The van der Waals surface area contributed by atoms with E-state index in [1.807, 2.05) is 76.7 Å². The van der Waals surface area contributed by atoms with Gasteiger partial charge in [0.25, 0.3) is 5.91 Å². The Labute approximate surface area is 189 Å². The number of thiophene rings is 1. The lowest BCUT2D eigenvalue weighted by Gasteiger charge is -2.02. The molecule has 0 bridgehead atoms. The van der Waals surface area contributed by atoms with Gasteiger partial charge in [-0.25, -0.2) is 4.68 Å². The monoisotopic (exact) mass is 445 g/mol. The summed E-state index contributed by atoms with van der Waals surface area (Å²) in [6, 6.07) is 11.8. The molecule has 0 fully saturated rings. The van der Waals surface area contributed by atoms with Gasteiger partial charge in [-0.2, -0.15) is 15.3 Å². The minimum atomic E-state index is -0.153. The Balaban J connectivity index is 1.35. The number of carbonyl (C=O) groups is 1. The normalized spacial score (nSPS) is 11.3. The molecule has 8 nitrogen and oxygen atoms in total. The number of hydrogen-bond donors (Lipinski definition) is 1. The van der Waals surface area contributed by atoms with E-state index in [2.05, 4.69) is 27.5 Å². The molecule has 1 N–H and O–H groups in total. The molecule has 5 rings (SSSR count). The third-order valence-corrected chi connectivity index (χ3v) is 6.47. The van der Waals surface area contributed by atoms with Crippen LogP contribution in [0.1, 0.15) is 33.5 Å². The van der Waals surface area contributed by atoms with Crippen LogP contribution in [0.25, 0.3) is 15.9 Å². The molecule has 0 atom stereocenters. The van der Waals surface area contributed by atoms with Crippen molar-refractivity contribution in [2.24, 2.45) is 0 Å². The molecule has 0 aliphatic rings. The highest BCUT2D eigenvalue weighted by Crippen LogP contribution is 2.30. The lowest BCUT2D eigenvalue weighted by atomic mass is 10.3. The fourth-order valence-corrected chi connectivity index (χ4v) is 4.74. The van der Waals surface area contributed by atoms with Crippen molar-refractivity contribution < 1.29 is 4.79 Å². The zero-order valence-corrected chi connectivity index (χ0v) is 18.9. The van der Waals surface area contributed by atoms with Crippen LogP contribution in [0.5, 0.6) is 0 Å². The maximum Gasteiger partial charge on any atom is 0.265 e. The number of benzene rings is 1. The minimum absolute atomic E-state index is 0.153.